The molecule has 1 aromatic heterocycles. The molecule has 1 heterocycles. The van der Waals surface area contributed by atoms with Gasteiger partial charge in [-0.3, -0.25) is 4.79 Å². The third-order valence-electron chi connectivity index (χ3n) is 4.86. The number of aryl methyl sites for hydroxylation is 2. The molecule has 29 heavy (non-hydrogen) atoms. The Labute approximate surface area is 170 Å². The van der Waals surface area contributed by atoms with E-state index < -0.39 is 0 Å². The Kier molecular flexibility index (Phi) is 5.09. The summed E-state index contributed by atoms with van der Waals surface area (Å²) in [6.07, 6.45) is 0. The van der Waals surface area contributed by atoms with Gasteiger partial charge in [-0.15, -0.1) is 0 Å². The van der Waals surface area contributed by atoms with Crippen LogP contribution in [0.3, 0.4) is 0 Å². The first-order chi connectivity index (χ1) is 14.1. The van der Waals surface area contributed by atoms with Crippen LogP contribution in [0.2, 0.25) is 0 Å². The minimum Gasteiger partial charge on any atom is -0.494 e. The lowest BCUT2D eigenvalue weighted by molar-refractivity contribution is 0.102. The first-order valence-electron chi connectivity index (χ1n) is 9.70. The standard InChI is InChI=1S/C25H23NO3/c1-4-28-19-11-13-22-20(15-19)23(24(29-22)18-8-6-5-7-9-18)25(27)26-21-12-10-16(2)14-17(21)3/h5-15H,4H2,1-3H3,(H,26,27). The number of hydrogen-bond acceptors (Lipinski definition) is 3. The largest absolute Gasteiger partial charge is 0.494 e. The lowest BCUT2D eigenvalue weighted by Crippen LogP contribution is -2.13. The Bertz CT molecular complexity index is 1180. The second-order valence-corrected chi connectivity index (χ2v) is 7.04. The molecule has 4 rings (SSSR count). The van der Waals surface area contributed by atoms with Crippen LogP contribution in [0, 0.1) is 13.8 Å². The monoisotopic (exact) mass is 385 g/mol. The van der Waals surface area contributed by atoms with Gasteiger partial charge in [0.05, 0.1) is 12.2 Å². The molecule has 4 heteroatoms. The van der Waals surface area contributed by atoms with Crippen LogP contribution in [0.5, 0.6) is 5.75 Å². The van der Waals surface area contributed by atoms with Crippen molar-refractivity contribution in [2.75, 3.05) is 11.9 Å². The van der Waals surface area contributed by atoms with E-state index >= 15 is 0 Å². The highest BCUT2D eigenvalue weighted by Gasteiger charge is 2.23. The van der Waals surface area contributed by atoms with Crippen molar-refractivity contribution >= 4 is 22.6 Å². The highest BCUT2D eigenvalue weighted by molar-refractivity contribution is 6.16. The maximum absolute atomic E-state index is 13.4. The zero-order valence-electron chi connectivity index (χ0n) is 16.8. The summed E-state index contributed by atoms with van der Waals surface area (Å²) in [6, 6.07) is 21.2. The van der Waals surface area contributed by atoms with Crippen LogP contribution in [0.15, 0.2) is 71.1 Å². The number of fused-ring (bicyclic) bond motifs is 1. The number of ether oxygens (including phenoxy) is 1. The van der Waals surface area contributed by atoms with E-state index in [0.29, 0.717) is 29.3 Å². The molecule has 0 aliphatic carbocycles. The van der Waals surface area contributed by atoms with Crippen molar-refractivity contribution < 1.29 is 13.9 Å². The molecule has 0 aliphatic heterocycles. The van der Waals surface area contributed by atoms with Crippen molar-refractivity contribution in [1.29, 1.82) is 0 Å². The predicted molar refractivity (Wildman–Crippen MR) is 117 cm³/mol. The lowest BCUT2D eigenvalue weighted by Gasteiger charge is -2.10. The normalized spacial score (nSPS) is 10.9. The third-order valence-corrected chi connectivity index (χ3v) is 4.86. The molecule has 0 aliphatic rings. The zero-order valence-corrected chi connectivity index (χ0v) is 16.8. The fourth-order valence-electron chi connectivity index (χ4n) is 3.49. The van der Waals surface area contributed by atoms with Crippen LogP contribution < -0.4 is 10.1 Å². The van der Waals surface area contributed by atoms with Gasteiger partial charge in [0.25, 0.3) is 5.91 Å². The molecule has 0 radical (unpaired) electrons. The van der Waals surface area contributed by atoms with Gasteiger partial charge in [0.2, 0.25) is 0 Å². The molecule has 3 aromatic carbocycles. The van der Waals surface area contributed by atoms with Crippen LogP contribution in [0.25, 0.3) is 22.3 Å². The molecule has 4 nitrogen and oxygen atoms in total. The fraction of sp³-hybridized carbons (Fsp3) is 0.160. The number of carbonyl (C=O) groups is 1. The van der Waals surface area contributed by atoms with Crippen LogP contribution in [-0.4, -0.2) is 12.5 Å². The number of nitrogens with one attached hydrogen (secondary N) is 1. The highest BCUT2D eigenvalue weighted by Crippen LogP contribution is 2.36. The number of hydrogen-bond donors (Lipinski definition) is 1. The summed E-state index contributed by atoms with van der Waals surface area (Å²) >= 11 is 0. The number of furan rings is 1. The maximum Gasteiger partial charge on any atom is 0.260 e. The van der Waals surface area contributed by atoms with Gasteiger partial charge in [-0.1, -0.05) is 48.0 Å². The number of benzene rings is 3. The van der Waals surface area contributed by atoms with Gasteiger partial charge < -0.3 is 14.5 Å². The van der Waals surface area contributed by atoms with Gasteiger partial charge in [0, 0.05) is 16.6 Å². The van der Waals surface area contributed by atoms with Crippen molar-refractivity contribution in [3.8, 4) is 17.1 Å². The first kappa shape index (κ1) is 18.8. The molecule has 0 bridgehead atoms. The topological polar surface area (TPSA) is 51.5 Å². The molecule has 0 fully saturated rings. The zero-order chi connectivity index (χ0) is 20.4. The second-order valence-electron chi connectivity index (χ2n) is 7.04. The summed E-state index contributed by atoms with van der Waals surface area (Å²) in [5, 5.41) is 3.79. The molecule has 4 aromatic rings. The lowest BCUT2D eigenvalue weighted by atomic mass is 10.0. The molecule has 0 spiro atoms. The van der Waals surface area contributed by atoms with Gasteiger partial charge in [0.1, 0.15) is 17.1 Å². The molecular weight excluding hydrogens is 362 g/mol. The Morgan fingerprint density at radius 2 is 1.79 bits per heavy atom. The predicted octanol–water partition coefficient (Wildman–Crippen LogP) is 6.37. The van der Waals surface area contributed by atoms with E-state index in [4.69, 9.17) is 9.15 Å². The van der Waals surface area contributed by atoms with Crippen LogP contribution in [0.1, 0.15) is 28.4 Å². The number of amides is 1. The van der Waals surface area contributed by atoms with E-state index in [1.54, 1.807) is 0 Å². The Balaban J connectivity index is 1.85. The minimum atomic E-state index is -0.205. The van der Waals surface area contributed by atoms with Crippen molar-refractivity contribution in [1.82, 2.24) is 0 Å². The van der Waals surface area contributed by atoms with E-state index in [-0.39, 0.29) is 5.91 Å². The van der Waals surface area contributed by atoms with Crippen molar-refractivity contribution in [2.24, 2.45) is 0 Å². The summed E-state index contributed by atoms with van der Waals surface area (Å²) in [5.41, 5.74) is 4.97. The Hall–Kier alpha value is -3.53. The van der Waals surface area contributed by atoms with Gasteiger partial charge >= 0.3 is 0 Å². The van der Waals surface area contributed by atoms with E-state index in [0.717, 1.165) is 27.8 Å². The van der Waals surface area contributed by atoms with Gasteiger partial charge in [-0.05, 0) is 50.6 Å². The first-order valence-corrected chi connectivity index (χ1v) is 9.70. The fourth-order valence-corrected chi connectivity index (χ4v) is 3.49. The molecule has 0 unspecified atom stereocenters. The summed E-state index contributed by atoms with van der Waals surface area (Å²) in [4.78, 5) is 13.4. The SMILES string of the molecule is CCOc1ccc2oc(-c3ccccc3)c(C(=O)Nc3ccc(C)cc3C)c2c1. The van der Waals surface area contributed by atoms with Crippen LogP contribution in [-0.2, 0) is 0 Å². The molecule has 1 amide bonds. The summed E-state index contributed by atoms with van der Waals surface area (Å²) in [5.74, 6) is 1.06. The smallest absolute Gasteiger partial charge is 0.260 e. The molecule has 0 saturated heterocycles. The third kappa shape index (κ3) is 3.74. The van der Waals surface area contributed by atoms with Crippen molar-refractivity contribution in [3.63, 3.8) is 0 Å². The van der Waals surface area contributed by atoms with Gasteiger partial charge in [0.15, 0.2) is 0 Å². The average Bonchev–Trinajstić information content (AvgIpc) is 3.10. The molecule has 0 saturated carbocycles. The summed E-state index contributed by atoms with van der Waals surface area (Å²) < 4.78 is 11.8. The van der Waals surface area contributed by atoms with Crippen LogP contribution in [0.4, 0.5) is 5.69 Å². The molecular formula is C25H23NO3. The Morgan fingerprint density at radius 3 is 2.52 bits per heavy atom. The number of anilines is 1. The highest BCUT2D eigenvalue weighted by atomic mass is 16.5. The minimum absolute atomic E-state index is 0.205. The van der Waals surface area contributed by atoms with E-state index in [1.807, 2.05) is 87.5 Å². The maximum atomic E-state index is 13.4. The van der Waals surface area contributed by atoms with Gasteiger partial charge in [-0.2, -0.15) is 0 Å². The molecule has 0 atom stereocenters. The van der Waals surface area contributed by atoms with E-state index in [1.165, 1.54) is 0 Å². The summed E-state index contributed by atoms with van der Waals surface area (Å²) in [6.45, 7) is 6.51. The van der Waals surface area contributed by atoms with E-state index in [9.17, 15) is 4.79 Å². The number of carbonyl (C=O) groups excluding carboxylic acids is 1. The number of rotatable bonds is 5. The molecule has 1 N–H and O–H groups in total. The van der Waals surface area contributed by atoms with Crippen molar-refractivity contribution in [3.05, 3.63) is 83.4 Å². The van der Waals surface area contributed by atoms with Gasteiger partial charge in [-0.25, -0.2) is 0 Å². The second kappa shape index (κ2) is 7.84. The van der Waals surface area contributed by atoms with Crippen molar-refractivity contribution in [2.45, 2.75) is 20.8 Å². The molecule has 146 valence electrons. The van der Waals surface area contributed by atoms with E-state index in [2.05, 4.69) is 5.32 Å². The van der Waals surface area contributed by atoms with Crippen LogP contribution >= 0.6 is 0 Å². The average molecular weight is 385 g/mol. The Morgan fingerprint density at radius 1 is 1.00 bits per heavy atom. The summed E-state index contributed by atoms with van der Waals surface area (Å²) in [7, 11) is 0. The quantitative estimate of drug-likeness (QED) is 0.434.